The molecule has 0 radical (unpaired) electrons. The van der Waals surface area contributed by atoms with Crippen LogP contribution in [0.4, 0.5) is 5.69 Å². The number of phenols is 1. The Morgan fingerprint density at radius 2 is 2.00 bits per heavy atom. The molecule has 20 heavy (non-hydrogen) atoms. The third kappa shape index (κ3) is 3.30. The lowest BCUT2D eigenvalue weighted by Crippen LogP contribution is -2.17. The van der Waals surface area contributed by atoms with Crippen molar-refractivity contribution >= 4 is 27.5 Å². The average Bonchev–Trinajstić information content (AvgIpc) is 2.48. The maximum Gasteiger partial charge on any atom is 0.251 e. The normalized spacial score (nSPS) is 10.1. The lowest BCUT2D eigenvalue weighted by atomic mass is 10.1. The smallest absolute Gasteiger partial charge is 0.251 e. The molecule has 0 unspecified atom stereocenters. The molecule has 0 aromatic heterocycles. The molecule has 0 bridgehead atoms. The molecule has 0 spiro atoms. The van der Waals surface area contributed by atoms with E-state index in [2.05, 4.69) is 26.6 Å². The molecule has 5 heteroatoms. The third-order valence-electron chi connectivity index (χ3n) is 2.91. The molecule has 2 rings (SSSR count). The zero-order valence-electron chi connectivity index (χ0n) is 11.0. The summed E-state index contributed by atoms with van der Waals surface area (Å²) in [5, 5.41) is 15.7. The van der Waals surface area contributed by atoms with Crippen LogP contribution in [0.15, 0.2) is 46.9 Å². The molecule has 104 valence electrons. The Kier molecular flexibility index (Phi) is 4.63. The summed E-state index contributed by atoms with van der Waals surface area (Å²) in [6.45, 7) is 0.475. The maximum absolute atomic E-state index is 11.6. The van der Waals surface area contributed by atoms with Gasteiger partial charge in [0.1, 0.15) is 5.75 Å². The molecular weight excluding hydrogens is 320 g/mol. The highest BCUT2D eigenvalue weighted by atomic mass is 79.9. The average molecular weight is 335 g/mol. The molecule has 2 aromatic carbocycles. The van der Waals surface area contributed by atoms with Crippen LogP contribution in [0.25, 0.3) is 0 Å². The number of rotatable bonds is 4. The number of para-hydroxylation sites is 1. The van der Waals surface area contributed by atoms with E-state index in [4.69, 9.17) is 0 Å². The summed E-state index contributed by atoms with van der Waals surface area (Å²) < 4.78 is 0.663. The minimum absolute atomic E-state index is 0.126. The predicted octanol–water partition coefficient (Wildman–Crippen LogP) is 3.13. The molecule has 0 heterocycles. The Balaban J connectivity index is 2.11. The van der Waals surface area contributed by atoms with Crippen LogP contribution in [0, 0.1) is 0 Å². The van der Waals surface area contributed by atoms with E-state index in [1.807, 2.05) is 24.3 Å². The van der Waals surface area contributed by atoms with Crippen LogP contribution in [0.5, 0.6) is 5.75 Å². The number of halogens is 1. The number of hydrogen-bond donors (Lipinski definition) is 3. The van der Waals surface area contributed by atoms with Gasteiger partial charge in [-0.25, -0.2) is 0 Å². The van der Waals surface area contributed by atoms with E-state index in [-0.39, 0.29) is 11.7 Å². The summed E-state index contributed by atoms with van der Waals surface area (Å²) in [6, 6.07) is 12.7. The molecule has 4 nitrogen and oxygen atoms in total. The predicted molar refractivity (Wildman–Crippen MR) is 83.0 cm³/mol. The van der Waals surface area contributed by atoms with E-state index in [0.717, 1.165) is 11.3 Å². The number of anilines is 1. The lowest BCUT2D eigenvalue weighted by molar-refractivity contribution is 0.0963. The summed E-state index contributed by atoms with van der Waals surface area (Å²) in [5.74, 6) is 0.0985. The van der Waals surface area contributed by atoms with Gasteiger partial charge in [0, 0.05) is 30.4 Å². The zero-order chi connectivity index (χ0) is 14.5. The molecule has 1 amide bonds. The van der Waals surface area contributed by atoms with Crippen LogP contribution in [-0.2, 0) is 6.54 Å². The van der Waals surface area contributed by atoms with Gasteiger partial charge in [-0.05, 0) is 40.2 Å². The van der Waals surface area contributed by atoms with Crippen molar-refractivity contribution in [3.8, 4) is 5.75 Å². The Hall–Kier alpha value is -2.01. The Morgan fingerprint density at radius 1 is 1.25 bits per heavy atom. The van der Waals surface area contributed by atoms with E-state index in [9.17, 15) is 9.90 Å². The van der Waals surface area contributed by atoms with Gasteiger partial charge in [-0.15, -0.1) is 0 Å². The Bertz CT molecular complexity index is 629. The number of aromatic hydroxyl groups is 1. The van der Waals surface area contributed by atoms with Crippen molar-refractivity contribution in [2.45, 2.75) is 6.54 Å². The van der Waals surface area contributed by atoms with E-state index in [1.54, 1.807) is 25.2 Å². The summed E-state index contributed by atoms with van der Waals surface area (Å²) in [4.78, 5) is 11.6. The van der Waals surface area contributed by atoms with Gasteiger partial charge in [0.15, 0.2) is 0 Å². The molecule has 0 aliphatic rings. The lowest BCUT2D eigenvalue weighted by Gasteiger charge is -2.10. The standard InChI is InChI=1S/C15H15BrN2O2/c1-17-15(20)10-4-2-6-12(8-10)18-9-11-5-3-7-13(16)14(11)19/h2-8,18-19H,9H2,1H3,(H,17,20). The monoisotopic (exact) mass is 334 g/mol. The molecule has 0 saturated heterocycles. The van der Waals surface area contributed by atoms with Crippen LogP contribution < -0.4 is 10.6 Å². The quantitative estimate of drug-likeness (QED) is 0.805. The van der Waals surface area contributed by atoms with Crippen molar-refractivity contribution in [3.05, 3.63) is 58.1 Å². The van der Waals surface area contributed by atoms with Crippen molar-refractivity contribution in [2.75, 3.05) is 12.4 Å². The zero-order valence-corrected chi connectivity index (χ0v) is 12.6. The molecule has 0 fully saturated rings. The van der Waals surface area contributed by atoms with Crippen LogP contribution in [0.1, 0.15) is 15.9 Å². The summed E-state index contributed by atoms with van der Waals surface area (Å²) >= 11 is 3.28. The first-order valence-electron chi connectivity index (χ1n) is 6.14. The van der Waals surface area contributed by atoms with Crippen LogP contribution in [-0.4, -0.2) is 18.1 Å². The van der Waals surface area contributed by atoms with Crippen molar-refractivity contribution in [1.29, 1.82) is 0 Å². The number of hydrogen-bond acceptors (Lipinski definition) is 3. The fourth-order valence-corrected chi connectivity index (χ4v) is 2.22. The van der Waals surface area contributed by atoms with Gasteiger partial charge in [0.05, 0.1) is 4.47 Å². The topological polar surface area (TPSA) is 61.4 Å². The van der Waals surface area contributed by atoms with E-state index in [0.29, 0.717) is 16.6 Å². The van der Waals surface area contributed by atoms with Gasteiger partial charge >= 0.3 is 0 Å². The number of nitrogens with one attached hydrogen (secondary N) is 2. The summed E-state index contributed by atoms with van der Waals surface area (Å²) in [6.07, 6.45) is 0. The highest BCUT2D eigenvalue weighted by molar-refractivity contribution is 9.10. The highest BCUT2D eigenvalue weighted by Gasteiger charge is 2.06. The molecule has 0 atom stereocenters. The van der Waals surface area contributed by atoms with Crippen LogP contribution in [0.3, 0.4) is 0 Å². The Morgan fingerprint density at radius 3 is 2.75 bits per heavy atom. The van der Waals surface area contributed by atoms with Gasteiger partial charge in [-0.3, -0.25) is 4.79 Å². The molecule has 0 aliphatic carbocycles. The van der Waals surface area contributed by atoms with Crippen LogP contribution in [0.2, 0.25) is 0 Å². The van der Waals surface area contributed by atoms with Gasteiger partial charge in [-0.2, -0.15) is 0 Å². The fourth-order valence-electron chi connectivity index (χ4n) is 1.81. The third-order valence-corrected chi connectivity index (χ3v) is 3.55. The van der Waals surface area contributed by atoms with Crippen LogP contribution >= 0.6 is 15.9 Å². The summed E-state index contributed by atoms with van der Waals surface area (Å²) in [7, 11) is 1.60. The van der Waals surface area contributed by atoms with E-state index < -0.39 is 0 Å². The molecule has 2 aromatic rings. The van der Waals surface area contributed by atoms with Crippen molar-refractivity contribution < 1.29 is 9.90 Å². The SMILES string of the molecule is CNC(=O)c1cccc(NCc2cccc(Br)c2O)c1. The highest BCUT2D eigenvalue weighted by Crippen LogP contribution is 2.28. The molecular formula is C15H15BrN2O2. The fraction of sp³-hybridized carbons (Fsp3) is 0.133. The van der Waals surface area contributed by atoms with Crippen molar-refractivity contribution in [2.24, 2.45) is 0 Å². The number of benzene rings is 2. The first kappa shape index (κ1) is 14.4. The number of carbonyl (C=O) groups is 1. The minimum Gasteiger partial charge on any atom is -0.506 e. The Labute approximate surface area is 126 Å². The second-order valence-corrected chi connectivity index (χ2v) is 5.12. The number of amides is 1. The van der Waals surface area contributed by atoms with E-state index in [1.165, 1.54) is 0 Å². The number of phenolic OH excluding ortho intramolecular Hbond substituents is 1. The first-order chi connectivity index (χ1) is 9.61. The molecule has 0 aliphatic heterocycles. The van der Waals surface area contributed by atoms with Gasteiger partial charge in [-0.1, -0.05) is 18.2 Å². The van der Waals surface area contributed by atoms with E-state index >= 15 is 0 Å². The van der Waals surface area contributed by atoms with Crippen molar-refractivity contribution in [1.82, 2.24) is 5.32 Å². The van der Waals surface area contributed by atoms with Gasteiger partial charge in [0.2, 0.25) is 0 Å². The first-order valence-corrected chi connectivity index (χ1v) is 6.93. The molecule has 0 saturated carbocycles. The molecule has 3 N–H and O–H groups in total. The second kappa shape index (κ2) is 6.43. The maximum atomic E-state index is 11.6. The second-order valence-electron chi connectivity index (χ2n) is 4.26. The largest absolute Gasteiger partial charge is 0.506 e. The minimum atomic E-state index is -0.126. The van der Waals surface area contributed by atoms with Gasteiger partial charge < -0.3 is 15.7 Å². The number of carbonyl (C=O) groups excluding carboxylic acids is 1. The van der Waals surface area contributed by atoms with Crippen molar-refractivity contribution in [3.63, 3.8) is 0 Å². The van der Waals surface area contributed by atoms with Gasteiger partial charge in [0.25, 0.3) is 5.91 Å². The summed E-state index contributed by atoms with van der Waals surface area (Å²) in [5.41, 5.74) is 2.20.